The Balaban J connectivity index is 1.49. The van der Waals surface area contributed by atoms with Crippen molar-refractivity contribution in [2.75, 3.05) is 25.4 Å². The molecule has 5 rings (SSSR count). The van der Waals surface area contributed by atoms with E-state index in [1.807, 2.05) is 41.0 Å². The van der Waals surface area contributed by atoms with Crippen molar-refractivity contribution < 1.29 is 13.2 Å². The van der Waals surface area contributed by atoms with Crippen LogP contribution >= 0.6 is 11.8 Å². The second-order valence-electron chi connectivity index (χ2n) is 8.52. The molecule has 2 aromatic carbocycles. The van der Waals surface area contributed by atoms with Crippen LogP contribution in [-0.4, -0.2) is 64.7 Å². The van der Waals surface area contributed by atoms with Crippen molar-refractivity contribution in [3.63, 3.8) is 0 Å². The molecule has 0 bridgehead atoms. The van der Waals surface area contributed by atoms with E-state index in [9.17, 15) is 13.2 Å². The molecule has 2 aliphatic heterocycles. The third-order valence-corrected chi connectivity index (χ3v) is 9.08. The Labute approximate surface area is 203 Å². The smallest absolute Gasteiger partial charge is 0.243 e. The maximum absolute atomic E-state index is 13.1. The number of para-hydroxylation sites is 1. The average Bonchev–Trinajstić information content (AvgIpc) is 3.65. The first-order valence-electron chi connectivity index (χ1n) is 11.5. The van der Waals surface area contributed by atoms with Gasteiger partial charge in [-0.2, -0.15) is 4.31 Å². The van der Waals surface area contributed by atoms with Crippen LogP contribution in [0, 0.1) is 0 Å². The van der Waals surface area contributed by atoms with Crippen LogP contribution in [0.15, 0.2) is 64.6 Å². The summed E-state index contributed by atoms with van der Waals surface area (Å²) in [6, 6.07) is 16.5. The van der Waals surface area contributed by atoms with Crippen molar-refractivity contribution in [3.8, 4) is 17.1 Å². The van der Waals surface area contributed by atoms with Crippen molar-refractivity contribution in [1.82, 2.24) is 24.4 Å². The number of hydrogen-bond acceptors (Lipinski definition) is 7. The van der Waals surface area contributed by atoms with E-state index in [0.717, 1.165) is 37.9 Å². The van der Waals surface area contributed by atoms with E-state index in [0.29, 0.717) is 35.4 Å². The lowest BCUT2D eigenvalue weighted by atomic mass is 10.2. The largest absolute Gasteiger partial charge is 0.307 e. The molecule has 0 aliphatic carbocycles. The van der Waals surface area contributed by atoms with Crippen LogP contribution in [0.4, 0.5) is 0 Å². The molecule has 0 saturated carbocycles. The Hall–Kier alpha value is -2.53. The van der Waals surface area contributed by atoms with Gasteiger partial charge in [-0.25, -0.2) is 8.42 Å². The number of ketones is 1. The van der Waals surface area contributed by atoms with Gasteiger partial charge in [0, 0.05) is 24.3 Å². The van der Waals surface area contributed by atoms with Gasteiger partial charge < -0.3 is 5.32 Å². The Morgan fingerprint density at radius 2 is 1.82 bits per heavy atom. The highest BCUT2D eigenvalue weighted by Crippen LogP contribution is 2.30. The van der Waals surface area contributed by atoms with Gasteiger partial charge >= 0.3 is 0 Å². The van der Waals surface area contributed by atoms with Crippen molar-refractivity contribution in [1.29, 1.82) is 0 Å². The van der Waals surface area contributed by atoms with Crippen LogP contribution in [-0.2, 0) is 14.8 Å². The second-order valence-corrected chi connectivity index (χ2v) is 11.4. The molecule has 3 heterocycles. The summed E-state index contributed by atoms with van der Waals surface area (Å²) >= 11 is 1.36. The van der Waals surface area contributed by atoms with Crippen LogP contribution < -0.4 is 5.32 Å². The molecule has 0 amide bonds. The van der Waals surface area contributed by atoms with E-state index in [-0.39, 0.29) is 16.7 Å². The van der Waals surface area contributed by atoms with E-state index in [1.165, 1.54) is 16.1 Å². The monoisotopic (exact) mass is 497 g/mol. The molecule has 3 aromatic rings. The number of Topliss-reactive ketones (excluding diaryl/α,β-unsaturated/α-hetero) is 1. The number of sulfonamides is 1. The second kappa shape index (κ2) is 9.99. The summed E-state index contributed by atoms with van der Waals surface area (Å²) in [6.45, 7) is 1.98. The fourth-order valence-electron chi connectivity index (χ4n) is 4.43. The molecule has 1 unspecified atom stereocenters. The molecule has 2 fully saturated rings. The van der Waals surface area contributed by atoms with Gasteiger partial charge in [-0.1, -0.05) is 42.1 Å². The number of nitrogens with zero attached hydrogens (tertiary/aromatic N) is 4. The number of hydrogen-bond donors (Lipinski definition) is 1. The van der Waals surface area contributed by atoms with Crippen LogP contribution in [0.2, 0.25) is 0 Å². The predicted molar refractivity (Wildman–Crippen MR) is 132 cm³/mol. The zero-order valence-electron chi connectivity index (χ0n) is 18.8. The van der Waals surface area contributed by atoms with E-state index < -0.39 is 10.0 Å². The third-order valence-electron chi connectivity index (χ3n) is 6.24. The third kappa shape index (κ3) is 4.68. The molecule has 1 aromatic heterocycles. The van der Waals surface area contributed by atoms with Crippen molar-refractivity contribution in [2.45, 2.75) is 41.8 Å². The van der Waals surface area contributed by atoms with E-state index in [2.05, 4.69) is 15.5 Å². The number of carbonyl (C=O) groups is 1. The molecule has 10 heteroatoms. The van der Waals surface area contributed by atoms with Crippen LogP contribution in [0.25, 0.3) is 17.1 Å². The summed E-state index contributed by atoms with van der Waals surface area (Å²) in [6.07, 6.45) is 3.66. The lowest BCUT2D eigenvalue weighted by Crippen LogP contribution is -2.32. The van der Waals surface area contributed by atoms with Gasteiger partial charge in [-0.3, -0.25) is 9.36 Å². The topological polar surface area (TPSA) is 97.2 Å². The van der Waals surface area contributed by atoms with Crippen molar-refractivity contribution >= 4 is 27.6 Å². The van der Waals surface area contributed by atoms with E-state index >= 15 is 0 Å². The number of rotatable bonds is 8. The van der Waals surface area contributed by atoms with Gasteiger partial charge in [0.15, 0.2) is 16.8 Å². The maximum atomic E-state index is 13.1. The van der Waals surface area contributed by atoms with Crippen molar-refractivity contribution in [2.24, 2.45) is 0 Å². The molecular weight excluding hydrogens is 470 g/mol. The van der Waals surface area contributed by atoms with E-state index in [4.69, 9.17) is 0 Å². The van der Waals surface area contributed by atoms with Crippen LogP contribution in [0.5, 0.6) is 0 Å². The van der Waals surface area contributed by atoms with Gasteiger partial charge in [0.05, 0.1) is 16.7 Å². The number of carbonyl (C=O) groups excluding carboxylic acids is 1. The maximum Gasteiger partial charge on any atom is 0.243 e. The predicted octanol–water partition coefficient (Wildman–Crippen LogP) is 3.13. The Morgan fingerprint density at radius 1 is 1.03 bits per heavy atom. The Kier molecular flexibility index (Phi) is 6.82. The molecular formula is C24H27N5O3S2. The van der Waals surface area contributed by atoms with Gasteiger partial charge in [0.1, 0.15) is 0 Å². The highest BCUT2D eigenvalue weighted by Gasteiger charge is 2.28. The fourth-order valence-corrected chi connectivity index (χ4v) is 6.88. The zero-order valence-corrected chi connectivity index (χ0v) is 20.4. The molecule has 2 aliphatic rings. The lowest BCUT2D eigenvalue weighted by molar-refractivity contribution is -0.118. The molecule has 34 heavy (non-hydrogen) atoms. The van der Waals surface area contributed by atoms with Gasteiger partial charge in [-0.05, 0) is 56.5 Å². The summed E-state index contributed by atoms with van der Waals surface area (Å²) in [5.74, 6) is 0.996. The molecule has 2 saturated heterocycles. The van der Waals surface area contributed by atoms with Crippen LogP contribution in [0.3, 0.4) is 0 Å². The number of aromatic nitrogens is 3. The minimum atomic E-state index is -3.55. The summed E-state index contributed by atoms with van der Waals surface area (Å²) in [7, 11) is -3.55. The summed E-state index contributed by atoms with van der Waals surface area (Å²) in [5, 5.41) is 12.6. The number of nitrogens with one attached hydrogen (secondary N) is 1. The number of benzene rings is 2. The molecule has 178 valence electrons. The van der Waals surface area contributed by atoms with Crippen molar-refractivity contribution in [3.05, 3.63) is 54.6 Å². The summed E-state index contributed by atoms with van der Waals surface area (Å²) in [4.78, 5) is 12.9. The van der Waals surface area contributed by atoms with Gasteiger partial charge in [0.25, 0.3) is 0 Å². The van der Waals surface area contributed by atoms with Crippen LogP contribution in [0.1, 0.15) is 25.7 Å². The fraction of sp³-hybridized carbons (Fsp3) is 0.375. The zero-order chi connectivity index (χ0) is 23.5. The minimum Gasteiger partial charge on any atom is -0.307 e. The standard InChI is InChI=1S/C24H27N5O3S2/c30-22(21-12-7-13-25-21)17-33-24-27-26-23(29(24)19-9-2-1-3-10-19)18-8-6-11-20(16-18)34(31,32)28-14-4-5-15-28/h1-3,6,8-11,16,21,25H,4-5,7,12-15,17H2. The normalized spacial score (nSPS) is 19.0. The molecule has 8 nitrogen and oxygen atoms in total. The number of thioether (sulfide) groups is 1. The molecule has 0 spiro atoms. The highest BCUT2D eigenvalue weighted by atomic mass is 32.2. The van der Waals surface area contributed by atoms with Gasteiger partial charge in [0.2, 0.25) is 10.0 Å². The first-order valence-corrected chi connectivity index (χ1v) is 14.0. The van der Waals surface area contributed by atoms with Gasteiger partial charge in [-0.15, -0.1) is 10.2 Å². The quantitative estimate of drug-likeness (QED) is 0.478. The Morgan fingerprint density at radius 3 is 2.56 bits per heavy atom. The molecule has 0 radical (unpaired) electrons. The molecule has 1 atom stereocenters. The van der Waals surface area contributed by atoms with E-state index in [1.54, 1.807) is 18.2 Å². The summed E-state index contributed by atoms with van der Waals surface area (Å²) < 4.78 is 29.7. The lowest BCUT2D eigenvalue weighted by Gasteiger charge is -2.16. The first kappa shape index (κ1) is 23.2. The minimum absolute atomic E-state index is 0.0902. The highest BCUT2D eigenvalue weighted by molar-refractivity contribution is 7.99. The SMILES string of the molecule is O=C(CSc1nnc(-c2cccc(S(=O)(=O)N3CCCC3)c2)n1-c1ccccc1)C1CCCN1. The summed E-state index contributed by atoms with van der Waals surface area (Å²) in [5.41, 5.74) is 1.51. The Bertz CT molecular complexity index is 1260. The first-order chi connectivity index (χ1) is 16.5. The molecule has 1 N–H and O–H groups in total. The average molecular weight is 498 g/mol.